The van der Waals surface area contributed by atoms with Crippen LogP contribution in [0.15, 0.2) is 27.8 Å². The Balaban J connectivity index is 0.00000261. The molecule has 154 valence electrons. The zero-order chi connectivity index (χ0) is 18.0. The number of guanidine groups is 1. The van der Waals surface area contributed by atoms with Crippen LogP contribution in [0, 0.1) is 0 Å². The molecular formula is C19H32IN3O4. The van der Waals surface area contributed by atoms with Crippen molar-refractivity contribution in [3.05, 3.63) is 24.2 Å². The van der Waals surface area contributed by atoms with Crippen LogP contribution in [-0.2, 0) is 20.8 Å². The average Bonchev–Trinajstić information content (AvgIpc) is 3.37. The van der Waals surface area contributed by atoms with Gasteiger partial charge in [0.15, 0.2) is 5.96 Å². The standard InChI is InChI=1S/C19H31N3O4.HI/c1-2-20-19(21-8-5-10-23-15-16-6-3-11-24-16)22-9-13-26-18(14-22)17-7-4-12-25-17;/h3,6,11,17-18H,2,4-5,7-10,12-15H2,1H3,(H,20,21);1H. The lowest BCUT2D eigenvalue weighted by Gasteiger charge is -2.37. The van der Waals surface area contributed by atoms with E-state index in [1.54, 1.807) is 6.26 Å². The third-order valence-corrected chi connectivity index (χ3v) is 4.64. The fraction of sp³-hybridized carbons (Fsp3) is 0.737. The van der Waals surface area contributed by atoms with E-state index in [0.29, 0.717) is 13.2 Å². The first-order chi connectivity index (χ1) is 12.9. The summed E-state index contributed by atoms with van der Waals surface area (Å²) in [6.45, 7) is 8.17. The molecule has 1 aromatic heterocycles. The molecule has 0 aromatic carbocycles. The van der Waals surface area contributed by atoms with Crippen LogP contribution in [0.2, 0.25) is 0 Å². The predicted molar refractivity (Wildman–Crippen MR) is 115 cm³/mol. The number of ether oxygens (including phenoxy) is 3. The first kappa shape index (κ1) is 22.4. The molecule has 7 nitrogen and oxygen atoms in total. The van der Waals surface area contributed by atoms with Crippen molar-refractivity contribution in [3.63, 3.8) is 0 Å². The van der Waals surface area contributed by atoms with Crippen LogP contribution in [0.25, 0.3) is 0 Å². The summed E-state index contributed by atoms with van der Waals surface area (Å²) in [5, 5.41) is 3.40. The number of halogens is 1. The lowest BCUT2D eigenvalue weighted by atomic mass is 10.1. The molecule has 2 fully saturated rings. The van der Waals surface area contributed by atoms with Crippen molar-refractivity contribution in [2.75, 3.05) is 46.0 Å². The highest BCUT2D eigenvalue weighted by atomic mass is 127. The Bertz CT molecular complexity index is 535. The number of hydrogen-bond acceptors (Lipinski definition) is 5. The summed E-state index contributed by atoms with van der Waals surface area (Å²) < 4.78 is 22.6. The van der Waals surface area contributed by atoms with Gasteiger partial charge in [0, 0.05) is 39.4 Å². The normalized spacial score (nSPS) is 23.3. The molecule has 0 radical (unpaired) electrons. The second kappa shape index (κ2) is 12.6. The van der Waals surface area contributed by atoms with Gasteiger partial charge in [0.05, 0.1) is 19.0 Å². The van der Waals surface area contributed by atoms with E-state index < -0.39 is 0 Å². The van der Waals surface area contributed by atoms with Crippen molar-refractivity contribution in [3.8, 4) is 0 Å². The third-order valence-electron chi connectivity index (χ3n) is 4.64. The Morgan fingerprint density at radius 3 is 2.96 bits per heavy atom. The maximum atomic E-state index is 5.94. The minimum atomic E-state index is 0. The second-order valence-electron chi connectivity index (χ2n) is 6.63. The molecular weight excluding hydrogens is 461 g/mol. The zero-order valence-corrected chi connectivity index (χ0v) is 18.4. The van der Waals surface area contributed by atoms with Crippen molar-refractivity contribution >= 4 is 29.9 Å². The molecule has 3 heterocycles. The number of nitrogens with one attached hydrogen (secondary N) is 1. The van der Waals surface area contributed by atoms with Gasteiger partial charge >= 0.3 is 0 Å². The average molecular weight is 493 g/mol. The summed E-state index contributed by atoms with van der Waals surface area (Å²) in [7, 11) is 0. The Morgan fingerprint density at radius 2 is 2.22 bits per heavy atom. The second-order valence-corrected chi connectivity index (χ2v) is 6.63. The monoisotopic (exact) mass is 493 g/mol. The number of hydrogen-bond donors (Lipinski definition) is 1. The predicted octanol–water partition coefficient (Wildman–Crippen LogP) is 2.65. The van der Waals surface area contributed by atoms with E-state index in [4.69, 9.17) is 23.6 Å². The van der Waals surface area contributed by atoms with Gasteiger partial charge in [-0.25, -0.2) is 0 Å². The molecule has 2 saturated heterocycles. The molecule has 2 aliphatic heterocycles. The van der Waals surface area contributed by atoms with Gasteiger partial charge in [-0.05, 0) is 38.3 Å². The van der Waals surface area contributed by atoms with Gasteiger partial charge in [-0.3, -0.25) is 4.99 Å². The number of furan rings is 1. The minimum absolute atomic E-state index is 0. The molecule has 0 bridgehead atoms. The van der Waals surface area contributed by atoms with Gasteiger partial charge in [0.25, 0.3) is 0 Å². The quantitative estimate of drug-likeness (QED) is 0.260. The van der Waals surface area contributed by atoms with Crippen LogP contribution in [0.5, 0.6) is 0 Å². The van der Waals surface area contributed by atoms with Gasteiger partial charge in [-0.1, -0.05) is 0 Å². The van der Waals surface area contributed by atoms with E-state index in [-0.39, 0.29) is 36.2 Å². The van der Waals surface area contributed by atoms with E-state index in [1.165, 1.54) is 0 Å². The molecule has 2 atom stereocenters. The fourth-order valence-electron chi connectivity index (χ4n) is 3.33. The van der Waals surface area contributed by atoms with Crippen LogP contribution in [0.4, 0.5) is 0 Å². The molecule has 0 spiro atoms. The third kappa shape index (κ3) is 7.24. The van der Waals surface area contributed by atoms with Gasteiger partial charge in [-0.2, -0.15) is 0 Å². The van der Waals surface area contributed by atoms with Crippen molar-refractivity contribution in [1.29, 1.82) is 0 Å². The van der Waals surface area contributed by atoms with Crippen LogP contribution in [0.1, 0.15) is 31.9 Å². The summed E-state index contributed by atoms with van der Waals surface area (Å²) in [4.78, 5) is 7.06. The number of morpholine rings is 1. The van der Waals surface area contributed by atoms with Gasteiger partial charge < -0.3 is 28.8 Å². The molecule has 0 aliphatic carbocycles. The molecule has 1 N–H and O–H groups in total. The van der Waals surface area contributed by atoms with Crippen LogP contribution >= 0.6 is 24.0 Å². The Hall–Kier alpha value is -0.840. The topological polar surface area (TPSA) is 68.5 Å². The lowest BCUT2D eigenvalue weighted by molar-refractivity contribution is -0.0817. The highest BCUT2D eigenvalue weighted by Crippen LogP contribution is 2.21. The Morgan fingerprint density at radius 1 is 1.33 bits per heavy atom. The Kier molecular flexibility index (Phi) is 10.5. The Labute approximate surface area is 178 Å². The minimum Gasteiger partial charge on any atom is -0.467 e. The van der Waals surface area contributed by atoms with Crippen LogP contribution in [-0.4, -0.2) is 69.1 Å². The van der Waals surface area contributed by atoms with Gasteiger partial charge in [-0.15, -0.1) is 24.0 Å². The van der Waals surface area contributed by atoms with Gasteiger partial charge in [0.1, 0.15) is 18.5 Å². The molecule has 2 aliphatic rings. The highest BCUT2D eigenvalue weighted by molar-refractivity contribution is 14.0. The summed E-state index contributed by atoms with van der Waals surface area (Å²) in [6.07, 6.45) is 5.16. The summed E-state index contributed by atoms with van der Waals surface area (Å²) in [5.74, 6) is 1.82. The lowest BCUT2D eigenvalue weighted by Crippen LogP contribution is -2.53. The van der Waals surface area contributed by atoms with Crippen molar-refractivity contribution in [2.45, 2.75) is 45.0 Å². The van der Waals surface area contributed by atoms with E-state index in [0.717, 1.165) is 70.4 Å². The van der Waals surface area contributed by atoms with Crippen LogP contribution < -0.4 is 5.32 Å². The zero-order valence-electron chi connectivity index (χ0n) is 16.1. The maximum Gasteiger partial charge on any atom is 0.194 e. The van der Waals surface area contributed by atoms with Crippen molar-refractivity contribution in [2.24, 2.45) is 4.99 Å². The molecule has 2 unspecified atom stereocenters. The molecule has 0 saturated carbocycles. The summed E-state index contributed by atoms with van der Waals surface area (Å²) in [6, 6.07) is 3.79. The van der Waals surface area contributed by atoms with Gasteiger partial charge in [0.2, 0.25) is 0 Å². The molecule has 3 rings (SSSR count). The first-order valence-electron chi connectivity index (χ1n) is 9.73. The van der Waals surface area contributed by atoms with Crippen LogP contribution in [0.3, 0.4) is 0 Å². The van der Waals surface area contributed by atoms with Crippen molar-refractivity contribution < 1.29 is 18.6 Å². The van der Waals surface area contributed by atoms with E-state index in [1.807, 2.05) is 12.1 Å². The van der Waals surface area contributed by atoms with E-state index >= 15 is 0 Å². The molecule has 27 heavy (non-hydrogen) atoms. The molecule has 8 heteroatoms. The van der Waals surface area contributed by atoms with E-state index in [2.05, 4.69) is 17.1 Å². The number of nitrogens with zero attached hydrogens (tertiary/aromatic N) is 2. The number of rotatable bonds is 8. The number of aliphatic imine (C=N–C) groups is 1. The smallest absolute Gasteiger partial charge is 0.194 e. The van der Waals surface area contributed by atoms with E-state index in [9.17, 15) is 0 Å². The highest BCUT2D eigenvalue weighted by Gasteiger charge is 2.32. The fourth-order valence-corrected chi connectivity index (χ4v) is 3.33. The maximum absolute atomic E-state index is 5.94. The summed E-state index contributed by atoms with van der Waals surface area (Å²) >= 11 is 0. The molecule has 1 aromatic rings. The van der Waals surface area contributed by atoms with Crippen molar-refractivity contribution in [1.82, 2.24) is 10.2 Å². The summed E-state index contributed by atoms with van der Waals surface area (Å²) in [5.41, 5.74) is 0. The SMILES string of the molecule is CCNC(=NCCCOCc1ccco1)N1CCOC(C2CCCO2)C1.I. The largest absolute Gasteiger partial charge is 0.467 e. The first-order valence-corrected chi connectivity index (χ1v) is 9.73. The molecule has 0 amide bonds.